The molecule has 0 atom stereocenters. The zero-order valence-electron chi connectivity index (χ0n) is 13.1. The molecule has 0 amide bonds. The smallest absolute Gasteiger partial charge is 0.123 e. The maximum Gasteiger partial charge on any atom is 0.123 e. The van der Waals surface area contributed by atoms with Gasteiger partial charge in [0.15, 0.2) is 0 Å². The van der Waals surface area contributed by atoms with E-state index in [4.69, 9.17) is 4.74 Å². The van der Waals surface area contributed by atoms with Crippen LogP contribution in [0.2, 0.25) is 0 Å². The van der Waals surface area contributed by atoms with E-state index in [-0.39, 0.29) is 5.41 Å². The largest absolute Gasteiger partial charge is 0.492 e. The Hall–Kier alpha value is -1.80. The summed E-state index contributed by atoms with van der Waals surface area (Å²) in [5, 5.41) is 3.42. The summed E-state index contributed by atoms with van der Waals surface area (Å²) in [5.41, 5.74) is 5.35. The van der Waals surface area contributed by atoms with E-state index in [1.165, 1.54) is 22.3 Å². The average Bonchev–Trinajstić information content (AvgIpc) is 2.80. The lowest BCUT2D eigenvalue weighted by Gasteiger charge is -2.17. The first-order valence-electron chi connectivity index (χ1n) is 7.68. The third-order valence-electron chi connectivity index (χ3n) is 4.19. The van der Waals surface area contributed by atoms with Gasteiger partial charge in [0.2, 0.25) is 0 Å². The molecule has 0 unspecified atom stereocenters. The fourth-order valence-corrected chi connectivity index (χ4v) is 2.90. The Morgan fingerprint density at radius 3 is 2.76 bits per heavy atom. The zero-order chi connectivity index (χ0) is 14.9. The van der Waals surface area contributed by atoms with Gasteiger partial charge in [-0.05, 0) is 35.4 Å². The van der Waals surface area contributed by atoms with Crippen LogP contribution in [0.5, 0.6) is 5.75 Å². The standard InChI is InChI=1S/C19H23NO/c1-4-20-12-15-7-5-6-8-16(15)14-9-10-18-17(11-14)19(2,3)13-21-18/h5-11,20H,4,12-13H2,1-3H3. The summed E-state index contributed by atoms with van der Waals surface area (Å²) in [6.45, 7) is 9.28. The Kier molecular flexibility index (Phi) is 3.73. The second-order valence-electron chi connectivity index (χ2n) is 6.32. The van der Waals surface area contributed by atoms with Gasteiger partial charge in [-0.1, -0.05) is 51.1 Å². The molecule has 3 rings (SSSR count). The van der Waals surface area contributed by atoms with Gasteiger partial charge in [-0.3, -0.25) is 0 Å². The van der Waals surface area contributed by atoms with E-state index in [0.29, 0.717) is 0 Å². The molecule has 2 aromatic rings. The predicted octanol–water partition coefficient (Wildman–Crippen LogP) is 4.13. The van der Waals surface area contributed by atoms with E-state index in [2.05, 4.69) is 68.6 Å². The molecule has 0 fully saturated rings. The maximum absolute atomic E-state index is 5.79. The summed E-state index contributed by atoms with van der Waals surface area (Å²) < 4.78 is 5.79. The zero-order valence-corrected chi connectivity index (χ0v) is 13.1. The summed E-state index contributed by atoms with van der Waals surface area (Å²) >= 11 is 0. The highest BCUT2D eigenvalue weighted by Crippen LogP contribution is 2.40. The van der Waals surface area contributed by atoms with Crippen LogP contribution in [0.1, 0.15) is 31.9 Å². The molecule has 0 aliphatic carbocycles. The van der Waals surface area contributed by atoms with Gasteiger partial charge in [0.25, 0.3) is 0 Å². The number of nitrogens with one attached hydrogen (secondary N) is 1. The van der Waals surface area contributed by atoms with E-state index < -0.39 is 0 Å². The van der Waals surface area contributed by atoms with Crippen LogP contribution >= 0.6 is 0 Å². The first-order valence-corrected chi connectivity index (χ1v) is 7.68. The molecular weight excluding hydrogens is 258 g/mol. The van der Waals surface area contributed by atoms with Crippen molar-refractivity contribution in [2.75, 3.05) is 13.2 Å². The van der Waals surface area contributed by atoms with Crippen molar-refractivity contribution in [2.24, 2.45) is 0 Å². The maximum atomic E-state index is 5.79. The molecule has 110 valence electrons. The number of hydrogen-bond acceptors (Lipinski definition) is 2. The van der Waals surface area contributed by atoms with Gasteiger partial charge in [0, 0.05) is 17.5 Å². The molecule has 1 N–H and O–H groups in total. The summed E-state index contributed by atoms with van der Waals surface area (Å²) in [6.07, 6.45) is 0. The highest BCUT2D eigenvalue weighted by Gasteiger charge is 2.31. The molecule has 1 heterocycles. The first-order chi connectivity index (χ1) is 10.1. The molecule has 0 saturated carbocycles. The quantitative estimate of drug-likeness (QED) is 0.909. The van der Waals surface area contributed by atoms with Crippen molar-refractivity contribution in [3.63, 3.8) is 0 Å². The molecule has 2 aromatic carbocycles. The van der Waals surface area contributed by atoms with Crippen molar-refractivity contribution in [3.05, 3.63) is 53.6 Å². The lowest BCUT2D eigenvalue weighted by Crippen LogP contribution is -2.18. The molecule has 1 aliphatic rings. The van der Waals surface area contributed by atoms with Gasteiger partial charge in [0.05, 0.1) is 6.61 Å². The summed E-state index contributed by atoms with van der Waals surface area (Å²) in [4.78, 5) is 0. The van der Waals surface area contributed by atoms with Gasteiger partial charge in [-0.25, -0.2) is 0 Å². The third-order valence-corrected chi connectivity index (χ3v) is 4.19. The van der Waals surface area contributed by atoms with Crippen LogP contribution in [0.3, 0.4) is 0 Å². The van der Waals surface area contributed by atoms with Crippen molar-refractivity contribution < 1.29 is 4.74 Å². The van der Waals surface area contributed by atoms with Crippen molar-refractivity contribution in [1.29, 1.82) is 0 Å². The molecular formula is C19H23NO. The van der Waals surface area contributed by atoms with Crippen molar-refractivity contribution in [2.45, 2.75) is 32.7 Å². The summed E-state index contributed by atoms with van der Waals surface area (Å²) in [5.74, 6) is 1.04. The third kappa shape index (κ3) is 2.68. The van der Waals surface area contributed by atoms with Crippen LogP contribution in [0.15, 0.2) is 42.5 Å². The van der Waals surface area contributed by atoms with Gasteiger partial charge in [-0.2, -0.15) is 0 Å². The molecule has 0 spiro atoms. The minimum atomic E-state index is 0.0992. The van der Waals surface area contributed by atoms with Gasteiger partial charge < -0.3 is 10.1 Å². The van der Waals surface area contributed by atoms with Crippen molar-refractivity contribution in [1.82, 2.24) is 5.32 Å². The fourth-order valence-electron chi connectivity index (χ4n) is 2.90. The Morgan fingerprint density at radius 1 is 1.14 bits per heavy atom. The highest BCUT2D eigenvalue weighted by molar-refractivity contribution is 5.70. The second kappa shape index (κ2) is 5.53. The second-order valence-corrected chi connectivity index (χ2v) is 6.32. The molecule has 21 heavy (non-hydrogen) atoms. The van der Waals surface area contributed by atoms with Crippen molar-refractivity contribution >= 4 is 0 Å². The number of fused-ring (bicyclic) bond motifs is 1. The van der Waals surface area contributed by atoms with Gasteiger partial charge in [-0.15, -0.1) is 0 Å². The van der Waals surface area contributed by atoms with Crippen LogP contribution in [-0.2, 0) is 12.0 Å². The SMILES string of the molecule is CCNCc1ccccc1-c1ccc2c(c1)C(C)(C)CO2. The number of ether oxygens (including phenoxy) is 1. The molecule has 1 aliphatic heterocycles. The lowest BCUT2D eigenvalue weighted by molar-refractivity contribution is 0.291. The normalized spacial score (nSPS) is 15.6. The van der Waals surface area contributed by atoms with E-state index >= 15 is 0 Å². The Balaban J connectivity index is 2.02. The molecule has 2 nitrogen and oxygen atoms in total. The monoisotopic (exact) mass is 281 g/mol. The molecule has 0 bridgehead atoms. The Bertz CT molecular complexity index is 646. The van der Waals surface area contributed by atoms with E-state index in [0.717, 1.165) is 25.4 Å². The summed E-state index contributed by atoms with van der Waals surface area (Å²) in [7, 11) is 0. The van der Waals surface area contributed by atoms with Crippen LogP contribution in [0, 0.1) is 0 Å². The van der Waals surface area contributed by atoms with Crippen LogP contribution in [-0.4, -0.2) is 13.2 Å². The number of hydrogen-bond donors (Lipinski definition) is 1. The van der Waals surface area contributed by atoms with E-state index in [9.17, 15) is 0 Å². The average molecular weight is 281 g/mol. The fraction of sp³-hybridized carbons (Fsp3) is 0.368. The topological polar surface area (TPSA) is 21.3 Å². The highest BCUT2D eigenvalue weighted by atomic mass is 16.5. The predicted molar refractivity (Wildman–Crippen MR) is 87.8 cm³/mol. The molecule has 0 saturated heterocycles. The number of rotatable bonds is 4. The van der Waals surface area contributed by atoms with Gasteiger partial charge in [0.1, 0.15) is 5.75 Å². The van der Waals surface area contributed by atoms with Crippen LogP contribution in [0.4, 0.5) is 0 Å². The summed E-state index contributed by atoms with van der Waals surface area (Å²) in [6, 6.07) is 15.2. The van der Waals surface area contributed by atoms with E-state index in [1.54, 1.807) is 0 Å². The van der Waals surface area contributed by atoms with E-state index in [1.807, 2.05) is 0 Å². The Morgan fingerprint density at radius 2 is 1.95 bits per heavy atom. The minimum absolute atomic E-state index is 0.0992. The lowest BCUT2D eigenvalue weighted by atomic mass is 9.85. The van der Waals surface area contributed by atoms with Gasteiger partial charge >= 0.3 is 0 Å². The van der Waals surface area contributed by atoms with Crippen molar-refractivity contribution in [3.8, 4) is 16.9 Å². The number of benzene rings is 2. The molecule has 0 radical (unpaired) electrons. The van der Waals surface area contributed by atoms with Crippen LogP contribution in [0.25, 0.3) is 11.1 Å². The first kappa shape index (κ1) is 14.2. The Labute approximate surface area is 127 Å². The van der Waals surface area contributed by atoms with Crippen LogP contribution < -0.4 is 10.1 Å². The minimum Gasteiger partial charge on any atom is -0.492 e. The molecule has 2 heteroatoms. The molecule has 0 aromatic heterocycles.